The Hall–Kier alpha value is -3.69. The normalized spacial score (nSPS) is 14.2. The summed E-state index contributed by atoms with van der Waals surface area (Å²) in [6.45, 7) is 4.07. The standard InChI is InChI=1S/C27H30ClN5O4/c1-4-20(15-34)31-27-29-12-23(28)25(32-27)18-8-9-19-13-33(26(36)22(19)11-18)14-24(35)30-16(2)17-6-5-7-21(10-17)37-3/h5-12,16,20,34H,4,13-15H2,1-3H3,(H,30,35)(H,29,31,32)/t16-,20+/m1/s1. The van der Waals surface area contributed by atoms with Crippen molar-refractivity contribution in [2.75, 3.05) is 25.6 Å². The number of hydrogen-bond acceptors (Lipinski definition) is 7. The minimum absolute atomic E-state index is 0.0487. The van der Waals surface area contributed by atoms with E-state index in [2.05, 4.69) is 20.6 Å². The molecule has 2 atom stereocenters. The molecule has 194 valence electrons. The average Bonchev–Trinajstić information content (AvgIpc) is 3.22. The van der Waals surface area contributed by atoms with Crippen molar-refractivity contribution in [1.82, 2.24) is 20.2 Å². The third-order valence-corrected chi connectivity index (χ3v) is 6.63. The lowest BCUT2D eigenvalue weighted by Crippen LogP contribution is -2.38. The van der Waals surface area contributed by atoms with E-state index in [0.717, 1.165) is 11.1 Å². The fourth-order valence-corrected chi connectivity index (χ4v) is 4.39. The Kier molecular flexibility index (Phi) is 8.25. The molecule has 4 rings (SSSR count). The van der Waals surface area contributed by atoms with Gasteiger partial charge in [0, 0.05) is 17.7 Å². The molecule has 37 heavy (non-hydrogen) atoms. The number of fused-ring (bicyclic) bond motifs is 1. The fraction of sp³-hybridized carbons (Fsp3) is 0.333. The number of nitrogens with one attached hydrogen (secondary N) is 2. The van der Waals surface area contributed by atoms with Crippen LogP contribution >= 0.6 is 11.6 Å². The maximum absolute atomic E-state index is 13.2. The molecule has 2 amide bonds. The number of halogens is 1. The lowest BCUT2D eigenvalue weighted by Gasteiger charge is -2.19. The van der Waals surface area contributed by atoms with Gasteiger partial charge in [0.1, 0.15) is 12.3 Å². The molecule has 1 aliphatic rings. The van der Waals surface area contributed by atoms with Gasteiger partial charge >= 0.3 is 0 Å². The number of ether oxygens (including phenoxy) is 1. The van der Waals surface area contributed by atoms with Gasteiger partial charge in [0.15, 0.2) is 0 Å². The van der Waals surface area contributed by atoms with Crippen LogP contribution in [0.5, 0.6) is 5.75 Å². The Labute approximate surface area is 220 Å². The second-order valence-electron chi connectivity index (χ2n) is 8.92. The quantitative estimate of drug-likeness (QED) is 0.370. The fourth-order valence-electron chi connectivity index (χ4n) is 4.19. The third kappa shape index (κ3) is 6.00. The SMILES string of the molecule is CC[C@@H](CO)Nc1ncc(Cl)c(-c2ccc3c(c2)C(=O)N(CC(=O)N[C@H](C)c2cccc(OC)c2)C3)n1. The summed E-state index contributed by atoms with van der Waals surface area (Å²) in [7, 11) is 1.60. The molecular weight excluding hydrogens is 494 g/mol. The molecule has 2 heterocycles. The summed E-state index contributed by atoms with van der Waals surface area (Å²) in [5.74, 6) is 0.580. The molecule has 0 unspecified atom stereocenters. The number of anilines is 1. The summed E-state index contributed by atoms with van der Waals surface area (Å²) >= 11 is 6.38. The number of aromatic nitrogens is 2. The number of aliphatic hydroxyl groups excluding tert-OH is 1. The van der Waals surface area contributed by atoms with Crippen LogP contribution in [0.3, 0.4) is 0 Å². The topological polar surface area (TPSA) is 117 Å². The van der Waals surface area contributed by atoms with Crippen molar-refractivity contribution >= 4 is 29.4 Å². The first-order valence-electron chi connectivity index (χ1n) is 12.1. The van der Waals surface area contributed by atoms with Crippen LogP contribution in [0.15, 0.2) is 48.7 Å². The first kappa shape index (κ1) is 26.4. The van der Waals surface area contributed by atoms with Crippen LogP contribution in [0.2, 0.25) is 5.02 Å². The van der Waals surface area contributed by atoms with Gasteiger partial charge in [-0.3, -0.25) is 9.59 Å². The molecule has 1 aliphatic heterocycles. The zero-order valence-corrected chi connectivity index (χ0v) is 21.7. The predicted octanol–water partition coefficient (Wildman–Crippen LogP) is 3.82. The molecule has 0 bridgehead atoms. The second kappa shape index (κ2) is 11.6. The van der Waals surface area contributed by atoms with Crippen LogP contribution in [0, 0.1) is 0 Å². The maximum atomic E-state index is 13.2. The minimum Gasteiger partial charge on any atom is -0.497 e. The highest BCUT2D eigenvalue weighted by Gasteiger charge is 2.30. The summed E-state index contributed by atoms with van der Waals surface area (Å²) in [5, 5.41) is 15.8. The van der Waals surface area contributed by atoms with Crippen molar-refractivity contribution in [3.8, 4) is 17.0 Å². The molecule has 1 aromatic heterocycles. The van der Waals surface area contributed by atoms with Crippen molar-refractivity contribution < 1.29 is 19.4 Å². The van der Waals surface area contributed by atoms with E-state index in [1.165, 1.54) is 11.1 Å². The highest BCUT2D eigenvalue weighted by Crippen LogP contribution is 2.31. The Morgan fingerprint density at radius 3 is 2.81 bits per heavy atom. The minimum atomic E-state index is -0.249. The molecule has 0 saturated heterocycles. The van der Waals surface area contributed by atoms with E-state index in [1.807, 2.05) is 50.2 Å². The number of aliphatic hydroxyl groups is 1. The zero-order valence-electron chi connectivity index (χ0n) is 21.0. The second-order valence-corrected chi connectivity index (χ2v) is 9.33. The number of rotatable bonds is 10. The first-order valence-corrected chi connectivity index (χ1v) is 12.5. The van der Waals surface area contributed by atoms with Crippen LogP contribution in [0.1, 0.15) is 47.8 Å². The summed E-state index contributed by atoms with van der Waals surface area (Å²) < 4.78 is 5.25. The summed E-state index contributed by atoms with van der Waals surface area (Å²) in [5.41, 5.74) is 3.39. The van der Waals surface area contributed by atoms with Gasteiger partial charge in [0.05, 0.1) is 42.7 Å². The number of carbonyl (C=O) groups is 2. The molecule has 0 radical (unpaired) electrons. The van der Waals surface area contributed by atoms with Crippen LogP contribution < -0.4 is 15.4 Å². The van der Waals surface area contributed by atoms with Gasteiger partial charge in [-0.1, -0.05) is 42.8 Å². The monoisotopic (exact) mass is 523 g/mol. The Balaban J connectivity index is 1.46. The molecule has 10 heteroatoms. The number of nitrogens with zero attached hydrogens (tertiary/aromatic N) is 3. The van der Waals surface area contributed by atoms with Crippen LogP contribution in [0.25, 0.3) is 11.3 Å². The predicted molar refractivity (Wildman–Crippen MR) is 142 cm³/mol. The Bertz CT molecular complexity index is 1300. The van der Waals surface area contributed by atoms with Gasteiger partial charge < -0.3 is 25.4 Å². The molecule has 3 aromatic rings. The van der Waals surface area contributed by atoms with Crippen LogP contribution in [0.4, 0.5) is 5.95 Å². The lowest BCUT2D eigenvalue weighted by atomic mass is 10.0. The average molecular weight is 524 g/mol. The molecular formula is C27H30ClN5O4. The van der Waals surface area contributed by atoms with Gasteiger partial charge in [0.2, 0.25) is 11.9 Å². The number of amides is 2. The summed E-state index contributed by atoms with van der Waals surface area (Å²) in [4.78, 5) is 36.1. The van der Waals surface area contributed by atoms with Crippen molar-refractivity contribution in [2.24, 2.45) is 0 Å². The maximum Gasteiger partial charge on any atom is 0.254 e. The van der Waals surface area contributed by atoms with Crippen molar-refractivity contribution in [2.45, 2.75) is 38.9 Å². The molecule has 0 spiro atoms. The number of benzene rings is 2. The van der Waals surface area contributed by atoms with Gasteiger partial charge in [0.25, 0.3) is 5.91 Å². The molecule has 2 aromatic carbocycles. The van der Waals surface area contributed by atoms with Gasteiger partial charge in [-0.15, -0.1) is 0 Å². The number of carbonyl (C=O) groups excluding carboxylic acids is 2. The first-order chi connectivity index (χ1) is 17.8. The van der Waals surface area contributed by atoms with E-state index in [0.29, 0.717) is 46.5 Å². The van der Waals surface area contributed by atoms with Gasteiger partial charge in [-0.05, 0) is 42.7 Å². The largest absolute Gasteiger partial charge is 0.497 e. The van der Waals surface area contributed by atoms with Crippen LogP contribution in [-0.4, -0.2) is 58.1 Å². The summed E-state index contributed by atoms with van der Waals surface area (Å²) in [6.07, 6.45) is 2.19. The summed E-state index contributed by atoms with van der Waals surface area (Å²) in [6, 6.07) is 12.5. The van der Waals surface area contributed by atoms with Gasteiger partial charge in [-0.2, -0.15) is 0 Å². The van der Waals surface area contributed by atoms with E-state index in [1.54, 1.807) is 13.2 Å². The Morgan fingerprint density at radius 1 is 1.27 bits per heavy atom. The highest BCUT2D eigenvalue weighted by molar-refractivity contribution is 6.33. The molecule has 0 saturated carbocycles. The van der Waals surface area contributed by atoms with E-state index in [4.69, 9.17) is 16.3 Å². The van der Waals surface area contributed by atoms with Gasteiger partial charge in [-0.25, -0.2) is 9.97 Å². The van der Waals surface area contributed by atoms with Crippen molar-refractivity contribution in [1.29, 1.82) is 0 Å². The molecule has 0 aliphatic carbocycles. The zero-order chi connectivity index (χ0) is 26.5. The van der Waals surface area contributed by atoms with E-state index >= 15 is 0 Å². The Morgan fingerprint density at radius 2 is 2.08 bits per heavy atom. The smallest absolute Gasteiger partial charge is 0.254 e. The number of methoxy groups -OCH3 is 1. The van der Waals surface area contributed by atoms with E-state index in [-0.39, 0.29) is 37.0 Å². The van der Waals surface area contributed by atoms with Crippen molar-refractivity contribution in [3.63, 3.8) is 0 Å². The highest BCUT2D eigenvalue weighted by atomic mass is 35.5. The van der Waals surface area contributed by atoms with Crippen LogP contribution in [-0.2, 0) is 11.3 Å². The van der Waals surface area contributed by atoms with Crippen molar-refractivity contribution in [3.05, 3.63) is 70.4 Å². The molecule has 9 nitrogen and oxygen atoms in total. The molecule has 0 fully saturated rings. The van der Waals surface area contributed by atoms with E-state index in [9.17, 15) is 14.7 Å². The van der Waals surface area contributed by atoms with E-state index < -0.39 is 0 Å². The molecule has 3 N–H and O–H groups in total. The number of hydrogen-bond donors (Lipinski definition) is 3. The third-order valence-electron chi connectivity index (χ3n) is 6.36. The lowest BCUT2D eigenvalue weighted by molar-refractivity contribution is -0.122.